The molecule has 0 aromatic heterocycles. The van der Waals surface area contributed by atoms with Crippen molar-refractivity contribution in [1.82, 2.24) is 0 Å². The van der Waals surface area contributed by atoms with Crippen LogP contribution in [0.1, 0.15) is 39.2 Å². The number of rotatable bonds is 7. The summed E-state index contributed by atoms with van der Waals surface area (Å²) in [5, 5.41) is 0. The van der Waals surface area contributed by atoms with Gasteiger partial charge in [-0.3, -0.25) is 0 Å². The SMILES string of the molecule is C=Cc1ccccc1OC(C)(C)OCCCC. The van der Waals surface area contributed by atoms with Gasteiger partial charge in [0.2, 0.25) is 5.79 Å². The Bertz CT molecular complexity index is 356. The third kappa shape index (κ3) is 4.61. The molecule has 0 atom stereocenters. The minimum atomic E-state index is -0.603. The van der Waals surface area contributed by atoms with Gasteiger partial charge >= 0.3 is 0 Å². The van der Waals surface area contributed by atoms with Crippen molar-refractivity contribution in [3.8, 4) is 5.75 Å². The summed E-state index contributed by atoms with van der Waals surface area (Å²) in [5.74, 6) is 0.206. The fourth-order valence-electron chi connectivity index (χ4n) is 1.50. The van der Waals surface area contributed by atoms with Crippen molar-refractivity contribution in [2.75, 3.05) is 6.61 Å². The highest BCUT2D eigenvalue weighted by molar-refractivity contribution is 5.55. The number of hydrogen-bond donors (Lipinski definition) is 0. The van der Waals surface area contributed by atoms with Crippen LogP contribution in [-0.2, 0) is 4.74 Å². The Labute approximate surface area is 104 Å². The zero-order valence-electron chi connectivity index (χ0n) is 11.0. The van der Waals surface area contributed by atoms with E-state index in [-0.39, 0.29) is 0 Å². The van der Waals surface area contributed by atoms with Crippen molar-refractivity contribution in [2.24, 2.45) is 0 Å². The fourth-order valence-corrected chi connectivity index (χ4v) is 1.50. The Morgan fingerprint density at radius 2 is 2.00 bits per heavy atom. The minimum absolute atomic E-state index is 0.603. The van der Waals surface area contributed by atoms with E-state index >= 15 is 0 Å². The second kappa shape index (κ2) is 6.45. The van der Waals surface area contributed by atoms with Crippen molar-refractivity contribution in [1.29, 1.82) is 0 Å². The highest BCUT2D eigenvalue weighted by atomic mass is 16.7. The summed E-state index contributed by atoms with van der Waals surface area (Å²) in [7, 11) is 0. The largest absolute Gasteiger partial charge is 0.462 e. The summed E-state index contributed by atoms with van der Waals surface area (Å²) in [6, 6.07) is 7.83. The van der Waals surface area contributed by atoms with Crippen LogP contribution in [-0.4, -0.2) is 12.4 Å². The molecule has 0 fully saturated rings. The van der Waals surface area contributed by atoms with Crippen LogP contribution in [0.15, 0.2) is 30.8 Å². The van der Waals surface area contributed by atoms with Gasteiger partial charge in [0, 0.05) is 19.4 Å². The van der Waals surface area contributed by atoms with E-state index in [9.17, 15) is 0 Å². The predicted molar refractivity (Wildman–Crippen MR) is 72.1 cm³/mol. The molecule has 0 aliphatic rings. The first-order valence-corrected chi connectivity index (χ1v) is 6.13. The number of ether oxygens (including phenoxy) is 2. The number of hydrogen-bond acceptors (Lipinski definition) is 2. The monoisotopic (exact) mass is 234 g/mol. The van der Waals surface area contributed by atoms with Crippen LogP contribution in [0.25, 0.3) is 6.08 Å². The third-order valence-corrected chi connectivity index (χ3v) is 2.44. The molecule has 0 unspecified atom stereocenters. The Morgan fingerprint density at radius 3 is 2.65 bits per heavy atom. The lowest BCUT2D eigenvalue weighted by Crippen LogP contribution is -2.32. The van der Waals surface area contributed by atoms with Gasteiger partial charge in [-0.1, -0.05) is 44.2 Å². The van der Waals surface area contributed by atoms with Crippen LogP contribution >= 0.6 is 0 Å². The first-order chi connectivity index (χ1) is 8.09. The van der Waals surface area contributed by atoms with Gasteiger partial charge < -0.3 is 9.47 Å². The Balaban J connectivity index is 2.65. The second-order valence-corrected chi connectivity index (χ2v) is 4.45. The molecule has 0 aliphatic heterocycles. The van der Waals surface area contributed by atoms with Crippen molar-refractivity contribution < 1.29 is 9.47 Å². The van der Waals surface area contributed by atoms with Gasteiger partial charge in [-0.15, -0.1) is 0 Å². The molecule has 0 spiro atoms. The summed E-state index contributed by atoms with van der Waals surface area (Å²) in [6.45, 7) is 10.5. The Hall–Kier alpha value is -1.28. The van der Waals surface area contributed by atoms with E-state index in [0.29, 0.717) is 0 Å². The Kier molecular flexibility index (Phi) is 5.23. The molecular formula is C15H22O2. The van der Waals surface area contributed by atoms with E-state index in [4.69, 9.17) is 9.47 Å². The average Bonchev–Trinajstić information content (AvgIpc) is 2.29. The molecule has 0 amide bonds. The molecule has 17 heavy (non-hydrogen) atoms. The van der Waals surface area contributed by atoms with Crippen LogP contribution in [0.4, 0.5) is 0 Å². The minimum Gasteiger partial charge on any atom is -0.462 e. The molecule has 0 N–H and O–H groups in total. The van der Waals surface area contributed by atoms with Crippen molar-refractivity contribution in [2.45, 2.75) is 39.4 Å². The number of unbranched alkanes of at least 4 members (excludes halogenated alkanes) is 1. The molecular weight excluding hydrogens is 212 g/mol. The molecule has 1 rings (SSSR count). The van der Waals surface area contributed by atoms with Gasteiger partial charge in [-0.05, 0) is 12.5 Å². The van der Waals surface area contributed by atoms with Crippen molar-refractivity contribution in [3.05, 3.63) is 36.4 Å². The van der Waals surface area contributed by atoms with Crippen molar-refractivity contribution in [3.63, 3.8) is 0 Å². The molecule has 0 saturated heterocycles. The third-order valence-electron chi connectivity index (χ3n) is 2.44. The molecule has 0 radical (unpaired) electrons. The molecule has 2 heteroatoms. The first kappa shape index (κ1) is 13.8. The first-order valence-electron chi connectivity index (χ1n) is 6.13. The molecule has 94 valence electrons. The maximum absolute atomic E-state index is 5.88. The second-order valence-electron chi connectivity index (χ2n) is 4.45. The average molecular weight is 234 g/mol. The van der Waals surface area contributed by atoms with Gasteiger partial charge in [0.1, 0.15) is 5.75 Å². The lowest BCUT2D eigenvalue weighted by Gasteiger charge is -2.27. The molecule has 0 heterocycles. The van der Waals surface area contributed by atoms with E-state index < -0.39 is 5.79 Å². The van der Waals surface area contributed by atoms with E-state index in [2.05, 4.69) is 13.5 Å². The van der Waals surface area contributed by atoms with E-state index in [1.165, 1.54) is 0 Å². The predicted octanol–water partition coefficient (Wildman–Crippen LogP) is 4.26. The van der Waals surface area contributed by atoms with Crippen LogP contribution in [0.3, 0.4) is 0 Å². The van der Waals surface area contributed by atoms with Gasteiger partial charge in [0.15, 0.2) is 0 Å². The zero-order valence-corrected chi connectivity index (χ0v) is 11.0. The molecule has 0 saturated carbocycles. The van der Waals surface area contributed by atoms with Crippen LogP contribution in [0.5, 0.6) is 5.75 Å². The number of para-hydroxylation sites is 1. The zero-order chi connectivity index (χ0) is 12.7. The van der Waals surface area contributed by atoms with Gasteiger partial charge in [-0.25, -0.2) is 0 Å². The molecule has 1 aromatic rings. The number of benzene rings is 1. The quantitative estimate of drug-likeness (QED) is 0.518. The van der Waals surface area contributed by atoms with Crippen LogP contribution in [0, 0.1) is 0 Å². The van der Waals surface area contributed by atoms with Gasteiger partial charge in [-0.2, -0.15) is 0 Å². The highest BCUT2D eigenvalue weighted by Gasteiger charge is 2.20. The lowest BCUT2D eigenvalue weighted by molar-refractivity contribution is -0.156. The summed E-state index contributed by atoms with van der Waals surface area (Å²) in [5.41, 5.74) is 0.986. The molecule has 0 bridgehead atoms. The maximum atomic E-state index is 5.88. The maximum Gasteiger partial charge on any atom is 0.204 e. The molecule has 1 aromatic carbocycles. The topological polar surface area (TPSA) is 18.5 Å². The van der Waals surface area contributed by atoms with Gasteiger partial charge in [0.05, 0.1) is 6.61 Å². The molecule has 2 nitrogen and oxygen atoms in total. The summed E-state index contributed by atoms with van der Waals surface area (Å²) in [6.07, 6.45) is 3.96. The fraction of sp³-hybridized carbons (Fsp3) is 0.467. The van der Waals surface area contributed by atoms with Crippen LogP contribution < -0.4 is 4.74 Å². The normalized spacial score (nSPS) is 11.2. The standard InChI is InChI=1S/C15H22O2/c1-5-7-12-16-15(3,4)17-14-11-9-8-10-13(14)6-2/h6,8-11H,2,5,7,12H2,1,3-4H3. The van der Waals surface area contributed by atoms with E-state index in [1.807, 2.05) is 38.1 Å². The Morgan fingerprint density at radius 1 is 1.29 bits per heavy atom. The van der Waals surface area contributed by atoms with E-state index in [0.717, 1.165) is 30.8 Å². The lowest BCUT2D eigenvalue weighted by atomic mass is 10.2. The highest BCUT2D eigenvalue weighted by Crippen LogP contribution is 2.24. The van der Waals surface area contributed by atoms with Crippen LogP contribution in [0.2, 0.25) is 0 Å². The molecule has 0 aliphatic carbocycles. The summed E-state index contributed by atoms with van der Waals surface area (Å²) in [4.78, 5) is 0. The van der Waals surface area contributed by atoms with Gasteiger partial charge in [0.25, 0.3) is 0 Å². The summed E-state index contributed by atoms with van der Waals surface area (Å²) < 4.78 is 11.6. The smallest absolute Gasteiger partial charge is 0.204 e. The van der Waals surface area contributed by atoms with Crippen molar-refractivity contribution >= 4 is 6.08 Å². The van der Waals surface area contributed by atoms with E-state index in [1.54, 1.807) is 6.08 Å². The summed E-state index contributed by atoms with van der Waals surface area (Å²) >= 11 is 0.